The fourth-order valence-corrected chi connectivity index (χ4v) is 3.79. The van der Waals surface area contributed by atoms with Gasteiger partial charge in [0.15, 0.2) is 0 Å². The van der Waals surface area contributed by atoms with Gasteiger partial charge in [-0.15, -0.1) is 0 Å². The summed E-state index contributed by atoms with van der Waals surface area (Å²) < 4.78 is 46.8. The molecule has 0 spiro atoms. The van der Waals surface area contributed by atoms with Crippen molar-refractivity contribution in [2.24, 2.45) is 0 Å². The van der Waals surface area contributed by atoms with E-state index in [-0.39, 0.29) is 3.70 Å². The third-order valence-corrected chi connectivity index (χ3v) is 4.02. The molecule has 0 aromatic carbocycles. The third-order valence-electron chi connectivity index (χ3n) is 1.47. The fourth-order valence-electron chi connectivity index (χ4n) is 0.916. The Kier molecular flexibility index (Phi) is 3.71. The van der Waals surface area contributed by atoms with Crippen LogP contribution in [-0.2, 0) is 9.05 Å². The number of rotatable bonds is 2. The van der Waals surface area contributed by atoms with E-state index >= 15 is 0 Å². The van der Waals surface area contributed by atoms with E-state index in [1.807, 2.05) is 0 Å². The highest BCUT2D eigenvalue weighted by atomic mass is 127. The van der Waals surface area contributed by atoms with E-state index in [0.717, 1.165) is 6.20 Å². The van der Waals surface area contributed by atoms with Crippen LogP contribution in [0.1, 0.15) is 12.0 Å². The smallest absolute Gasteiger partial charge is 0.268 e. The quantitative estimate of drug-likeness (QED) is 0.493. The summed E-state index contributed by atoms with van der Waals surface area (Å²) in [6.07, 6.45) is -2.40. The second kappa shape index (κ2) is 4.34. The van der Waals surface area contributed by atoms with E-state index in [0.29, 0.717) is 0 Å². The van der Waals surface area contributed by atoms with Gasteiger partial charge < -0.3 is 5.11 Å². The van der Waals surface area contributed by atoms with Gasteiger partial charge in [-0.1, -0.05) is 0 Å². The van der Waals surface area contributed by atoms with Crippen LogP contribution in [0, 0.1) is 3.70 Å². The van der Waals surface area contributed by atoms with Gasteiger partial charge in [0.05, 0.1) is 11.8 Å². The first-order valence-corrected chi connectivity index (χ1v) is 6.74. The normalized spacial score (nSPS) is 12.1. The molecule has 1 aromatic rings. The fraction of sp³-hybridized carbons (Fsp3) is 0.167. The van der Waals surface area contributed by atoms with Crippen molar-refractivity contribution in [3.63, 3.8) is 0 Å². The van der Waals surface area contributed by atoms with Crippen molar-refractivity contribution in [3.8, 4) is 5.75 Å². The van der Waals surface area contributed by atoms with Crippen molar-refractivity contribution in [1.29, 1.82) is 0 Å². The minimum atomic E-state index is -4.37. The molecule has 1 rings (SSSR count). The second-order valence-electron chi connectivity index (χ2n) is 2.42. The molecule has 0 fully saturated rings. The third kappa shape index (κ3) is 2.67. The molecule has 84 valence electrons. The van der Waals surface area contributed by atoms with Crippen molar-refractivity contribution in [2.75, 3.05) is 0 Å². The van der Waals surface area contributed by atoms with Crippen LogP contribution in [0.25, 0.3) is 0 Å². The maximum atomic E-state index is 12.5. The van der Waals surface area contributed by atoms with Gasteiger partial charge in [0.1, 0.15) is 14.3 Å². The first kappa shape index (κ1) is 12.8. The molecule has 1 heterocycles. The Bertz CT molecular complexity index is 493. The Labute approximate surface area is 102 Å². The molecule has 4 nitrogen and oxygen atoms in total. The second-order valence-corrected chi connectivity index (χ2v) is 5.94. The molecule has 0 aliphatic rings. The minimum absolute atomic E-state index is 0.212. The molecule has 0 bridgehead atoms. The minimum Gasteiger partial charge on any atom is -0.506 e. The predicted molar refractivity (Wildman–Crippen MR) is 56.6 cm³/mol. The number of halogens is 4. The number of aromatic nitrogens is 1. The summed E-state index contributed by atoms with van der Waals surface area (Å²) in [4.78, 5) is 2.58. The Hall–Kier alpha value is -0.220. The molecule has 0 aliphatic heterocycles. The van der Waals surface area contributed by atoms with Crippen LogP contribution in [0.4, 0.5) is 8.78 Å². The summed E-state index contributed by atoms with van der Waals surface area (Å²) >= 11 is 1.44. The van der Waals surface area contributed by atoms with E-state index in [1.165, 1.54) is 22.6 Å². The number of aromatic hydroxyl groups is 1. The van der Waals surface area contributed by atoms with E-state index in [1.54, 1.807) is 0 Å². The van der Waals surface area contributed by atoms with E-state index < -0.39 is 31.7 Å². The summed E-state index contributed by atoms with van der Waals surface area (Å²) in [5, 5.41) is 9.08. The van der Waals surface area contributed by atoms with Crippen molar-refractivity contribution in [3.05, 3.63) is 15.5 Å². The molecule has 0 aliphatic carbocycles. The molecular formula is C6H3ClF2INO3S. The summed E-state index contributed by atoms with van der Waals surface area (Å²) in [5.41, 5.74) is -1.02. The van der Waals surface area contributed by atoms with Crippen LogP contribution in [-0.4, -0.2) is 18.5 Å². The lowest BCUT2D eigenvalue weighted by Crippen LogP contribution is -2.04. The van der Waals surface area contributed by atoms with Gasteiger partial charge in [0.25, 0.3) is 15.5 Å². The molecule has 1 N–H and O–H groups in total. The Balaban J connectivity index is 3.68. The highest BCUT2D eigenvalue weighted by Gasteiger charge is 2.28. The highest BCUT2D eigenvalue weighted by Crippen LogP contribution is 2.36. The maximum absolute atomic E-state index is 12.5. The Morgan fingerprint density at radius 3 is 2.40 bits per heavy atom. The lowest BCUT2D eigenvalue weighted by Gasteiger charge is -2.08. The van der Waals surface area contributed by atoms with Crippen LogP contribution >= 0.6 is 33.3 Å². The van der Waals surface area contributed by atoms with Crippen molar-refractivity contribution in [2.45, 2.75) is 11.3 Å². The van der Waals surface area contributed by atoms with Crippen LogP contribution in [0.2, 0.25) is 0 Å². The molecule has 1 aromatic heterocycles. The zero-order valence-electron chi connectivity index (χ0n) is 6.79. The molecule has 0 unspecified atom stereocenters. The molecule has 0 saturated carbocycles. The monoisotopic (exact) mass is 369 g/mol. The first-order chi connectivity index (χ1) is 6.75. The van der Waals surface area contributed by atoms with Crippen LogP contribution < -0.4 is 0 Å². The standard InChI is InChI=1S/C6H3ClF2INO3S/c7-15(13,14)4-3(5(8)9)2(12)1-11-6(4)10/h1,5,12H. The van der Waals surface area contributed by atoms with Crippen molar-refractivity contribution < 1.29 is 22.3 Å². The molecule has 0 amide bonds. The molecule has 9 heteroatoms. The number of alkyl halides is 2. The lowest BCUT2D eigenvalue weighted by atomic mass is 10.2. The van der Waals surface area contributed by atoms with Gasteiger partial charge >= 0.3 is 0 Å². The van der Waals surface area contributed by atoms with Crippen LogP contribution in [0.15, 0.2) is 11.1 Å². The molecule has 0 radical (unpaired) electrons. The number of hydrogen-bond donors (Lipinski definition) is 1. The first-order valence-electron chi connectivity index (χ1n) is 3.35. The molecular weight excluding hydrogens is 366 g/mol. The SMILES string of the molecule is O=S(=O)(Cl)c1c(I)ncc(O)c1C(F)F. The number of pyridine rings is 1. The summed E-state index contributed by atoms with van der Waals surface area (Å²) in [6.45, 7) is 0. The number of nitrogens with zero attached hydrogens (tertiary/aromatic N) is 1. The van der Waals surface area contributed by atoms with Gasteiger partial charge in [-0.3, -0.25) is 0 Å². The van der Waals surface area contributed by atoms with Crippen LogP contribution in [0.3, 0.4) is 0 Å². The van der Waals surface area contributed by atoms with Gasteiger partial charge in [0.2, 0.25) is 0 Å². The zero-order valence-corrected chi connectivity index (χ0v) is 10.5. The average molecular weight is 370 g/mol. The lowest BCUT2D eigenvalue weighted by molar-refractivity contribution is 0.143. The van der Waals surface area contributed by atoms with Gasteiger partial charge in [0, 0.05) is 10.7 Å². The summed E-state index contributed by atoms with van der Waals surface area (Å²) in [7, 11) is 0.599. The topological polar surface area (TPSA) is 67.3 Å². The van der Waals surface area contributed by atoms with E-state index in [9.17, 15) is 17.2 Å². The summed E-state index contributed by atoms with van der Waals surface area (Å²) in [6, 6.07) is 0. The summed E-state index contributed by atoms with van der Waals surface area (Å²) in [5.74, 6) is -0.898. The Morgan fingerprint density at radius 2 is 2.07 bits per heavy atom. The maximum Gasteiger partial charge on any atom is 0.268 e. The van der Waals surface area contributed by atoms with E-state index in [4.69, 9.17) is 15.8 Å². The molecule has 0 saturated heterocycles. The van der Waals surface area contributed by atoms with Crippen molar-refractivity contribution >= 4 is 42.3 Å². The van der Waals surface area contributed by atoms with Crippen molar-refractivity contribution in [1.82, 2.24) is 4.98 Å². The largest absolute Gasteiger partial charge is 0.506 e. The molecule has 0 atom stereocenters. The number of hydrogen-bond acceptors (Lipinski definition) is 4. The highest BCUT2D eigenvalue weighted by molar-refractivity contribution is 14.1. The van der Waals surface area contributed by atoms with E-state index in [2.05, 4.69) is 4.98 Å². The molecule has 15 heavy (non-hydrogen) atoms. The van der Waals surface area contributed by atoms with Gasteiger partial charge in [-0.2, -0.15) is 0 Å². The van der Waals surface area contributed by atoms with Gasteiger partial charge in [-0.05, 0) is 22.6 Å². The average Bonchev–Trinajstić information content (AvgIpc) is 2.05. The zero-order chi connectivity index (χ0) is 11.8. The predicted octanol–water partition coefficient (Wildman–Crippen LogP) is 2.26. The Morgan fingerprint density at radius 1 is 1.53 bits per heavy atom. The van der Waals surface area contributed by atoms with Gasteiger partial charge in [-0.25, -0.2) is 22.2 Å². The van der Waals surface area contributed by atoms with Crippen LogP contribution in [0.5, 0.6) is 5.75 Å².